The number of nitrogens with zero attached hydrogens (tertiary/aromatic N) is 1. The lowest BCUT2D eigenvalue weighted by Crippen LogP contribution is -2.07. The maximum Gasteiger partial charge on any atom is 0.357 e. The molecule has 0 spiro atoms. The Labute approximate surface area is 69.2 Å². The summed E-state index contributed by atoms with van der Waals surface area (Å²) < 4.78 is 4.42. The van der Waals surface area contributed by atoms with Crippen molar-refractivity contribution in [1.29, 1.82) is 0 Å². The number of carbonyl (C=O) groups excluding carboxylic acids is 2. The molecule has 0 aliphatic heterocycles. The lowest BCUT2D eigenvalue weighted by Gasteiger charge is -1.99. The van der Waals surface area contributed by atoms with Crippen LogP contribution in [0.5, 0.6) is 0 Å². The lowest BCUT2D eigenvalue weighted by molar-refractivity contribution is 0.0591. The molecule has 0 aliphatic rings. The fourth-order valence-electron chi connectivity index (χ4n) is 0.780. The average Bonchev–Trinajstić information content (AvgIpc) is 2.16. The molecule has 1 aromatic rings. The smallest absolute Gasteiger partial charge is 0.357 e. The standard InChI is InChI=1S/C8H7NO3/c1-12-8(11)7-6(5-10)3-2-4-9-7/h2-5H,1H3. The number of aldehydes is 1. The van der Waals surface area contributed by atoms with Crippen LogP contribution in [-0.2, 0) is 4.74 Å². The van der Waals surface area contributed by atoms with Crippen LogP contribution in [0.15, 0.2) is 18.3 Å². The number of methoxy groups -OCH3 is 1. The maximum atomic E-state index is 10.9. The van der Waals surface area contributed by atoms with Gasteiger partial charge in [0.25, 0.3) is 0 Å². The van der Waals surface area contributed by atoms with E-state index in [0.29, 0.717) is 6.29 Å². The largest absolute Gasteiger partial charge is 0.464 e. The Morgan fingerprint density at radius 2 is 2.42 bits per heavy atom. The van der Waals surface area contributed by atoms with Gasteiger partial charge in [-0.2, -0.15) is 0 Å². The molecule has 0 aliphatic carbocycles. The molecule has 0 fully saturated rings. The maximum absolute atomic E-state index is 10.9. The Morgan fingerprint density at radius 1 is 1.67 bits per heavy atom. The van der Waals surface area contributed by atoms with Crippen molar-refractivity contribution in [1.82, 2.24) is 4.98 Å². The Hall–Kier alpha value is -1.71. The minimum atomic E-state index is -0.599. The molecule has 0 N–H and O–H groups in total. The number of esters is 1. The van der Waals surface area contributed by atoms with Crippen molar-refractivity contribution in [2.45, 2.75) is 0 Å². The van der Waals surface area contributed by atoms with Crippen LogP contribution >= 0.6 is 0 Å². The van der Waals surface area contributed by atoms with Crippen molar-refractivity contribution >= 4 is 12.3 Å². The molecule has 0 unspecified atom stereocenters. The fraction of sp³-hybridized carbons (Fsp3) is 0.125. The van der Waals surface area contributed by atoms with Crippen LogP contribution in [0.1, 0.15) is 20.8 Å². The molecule has 0 aromatic carbocycles. The number of hydrogen-bond acceptors (Lipinski definition) is 4. The number of ether oxygens (including phenoxy) is 1. The predicted molar refractivity (Wildman–Crippen MR) is 41.0 cm³/mol. The number of hydrogen-bond donors (Lipinski definition) is 0. The molecule has 0 saturated heterocycles. The second-order valence-corrected chi connectivity index (χ2v) is 2.05. The third kappa shape index (κ3) is 1.47. The van der Waals surface area contributed by atoms with Gasteiger partial charge in [-0.1, -0.05) is 0 Å². The summed E-state index contributed by atoms with van der Waals surface area (Å²) in [6.07, 6.45) is 2.00. The van der Waals surface area contributed by atoms with Gasteiger partial charge in [-0.25, -0.2) is 9.78 Å². The van der Waals surface area contributed by atoms with Crippen LogP contribution in [-0.4, -0.2) is 24.3 Å². The Balaban J connectivity index is 3.13. The van der Waals surface area contributed by atoms with E-state index in [0.717, 1.165) is 0 Å². The topological polar surface area (TPSA) is 56.3 Å². The van der Waals surface area contributed by atoms with Gasteiger partial charge in [-0.05, 0) is 12.1 Å². The lowest BCUT2D eigenvalue weighted by atomic mass is 10.2. The molecule has 12 heavy (non-hydrogen) atoms. The van der Waals surface area contributed by atoms with Crippen LogP contribution in [0.3, 0.4) is 0 Å². The fourth-order valence-corrected chi connectivity index (χ4v) is 0.780. The van der Waals surface area contributed by atoms with Crippen LogP contribution in [0.25, 0.3) is 0 Å². The van der Waals surface area contributed by atoms with Crippen LogP contribution in [0.2, 0.25) is 0 Å². The summed E-state index contributed by atoms with van der Waals surface area (Å²) >= 11 is 0. The zero-order chi connectivity index (χ0) is 8.97. The Morgan fingerprint density at radius 3 is 3.00 bits per heavy atom. The van der Waals surface area contributed by atoms with E-state index >= 15 is 0 Å². The zero-order valence-electron chi connectivity index (χ0n) is 6.48. The summed E-state index contributed by atoms with van der Waals surface area (Å²) in [5.74, 6) is -0.599. The summed E-state index contributed by atoms with van der Waals surface area (Å²) in [5, 5.41) is 0. The monoisotopic (exact) mass is 165 g/mol. The summed E-state index contributed by atoms with van der Waals surface area (Å²) in [7, 11) is 1.24. The number of carbonyl (C=O) groups is 2. The molecule has 4 nitrogen and oxygen atoms in total. The third-order valence-corrected chi connectivity index (χ3v) is 1.34. The molecular weight excluding hydrogens is 158 g/mol. The summed E-state index contributed by atoms with van der Waals surface area (Å²) in [5.41, 5.74) is 0.291. The molecule has 1 heterocycles. The minimum absolute atomic E-state index is 0.0509. The van der Waals surface area contributed by atoms with Crippen molar-refractivity contribution in [3.8, 4) is 0 Å². The van der Waals surface area contributed by atoms with Crippen molar-refractivity contribution in [2.24, 2.45) is 0 Å². The highest BCUT2D eigenvalue weighted by Gasteiger charge is 2.11. The van der Waals surface area contributed by atoms with Gasteiger partial charge in [0.2, 0.25) is 0 Å². The van der Waals surface area contributed by atoms with Crippen molar-refractivity contribution in [2.75, 3.05) is 7.11 Å². The predicted octanol–water partition coefficient (Wildman–Crippen LogP) is 0.681. The van der Waals surface area contributed by atoms with Crippen LogP contribution in [0.4, 0.5) is 0 Å². The van der Waals surface area contributed by atoms with E-state index in [1.807, 2.05) is 0 Å². The summed E-state index contributed by atoms with van der Waals surface area (Å²) in [6, 6.07) is 3.09. The molecule has 0 radical (unpaired) electrons. The van der Waals surface area contributed by atoms with Gasteiger partial charge in [-0.3, -0.25) is 4.79 Å². The first kappa shape index (κ1) is 8.39. The summed E-state index contributed by atoms with van der Waals surface area (Å²) in [6.45, 7) is 0. The average molecular weight is 165 g/mol. The quantitative estimate of drug-likeness (QED) is 0.477. The van der Waals surface area contributed by atoms with E-state index in [2.05, 4.69) is 9.72 Å². The van der Waals surface area contributed by atoms with Crippen LogP contribution in [0, 0.1) is 0 Å². The highest BCUT2D eigenvalue weighted by atomic mass is 16.5. The Kier molecular flexibility index (Phi) is 2.53. The van der Waals surface area contributed by atoms with Crippen molar-refractivity contribution in [3.63, 3.8) is 0 Å². The van der Waals surface area contributed by atoms with Gasteiger partial charge in [0, 0.05) is 11.8 Å². The van der Waals surface area contributed by atoms with Gasteiger partial charge < -0.3 is 4.74 Å². The molecule has 62 valence electrons. The number of aromatic nitrogens is 1. The Bertz CT molecular complexity index is 309. The van der Waals surface area contributed by atoms with Gasteiger partial charge >= 0.3 is 5.97 Å². The summed E-state index contributed by atoms with van der Waals surface area (Å²) in [4.78, 5) is 25.1. The van der Waals surface area contributed by atoms with E-state index in [-0.39, 0.29) is 11.3 Å². The molecule has 1 rings (SSSR count). The molecule has 1 aromatic heterocycles. The van der Waals surface area contributed by atoms with Gasteiger partial charge in [0.05, 0.1) is 7.11 Å². The second-order valence-electron chi connectivity index (χ2n) is 2.05. The van der Waals surface area contributed by atoms with Gasteiger partial charge in [0.1, 0.15) is 0 Å². The van der Waals surface area contributed by atoms with Gasteiger partial charge in [-0.15, -0.1) is 0 Å². The van der Waals surface area contributed by atoms with E-state index < -0.39 is 5.97 Å². The third-order valence-electron chi connectivity index (χ3n) is 1.34. The van der Waals surface area contributed by atoms with Gasteiger partial charge in [0.15, 0.2) is 12.0 Å². The normalized spacial score (nSPS) is 9.08. The minimum Gasteiger partial charge on any atom is -0.464 e. The van der Waals surface area contributed by atoms with E-state index in [1.54, 1.807) is 6.07 Å². The molecule has 0 bridgehead atoms. The van der Waals surface area contributed by atoms with Crippen LogP contribution < -0.4 is 0 Å². The molecule has 4 heteroatoms. The second kappa shape index (κ2) is 3.61. The van der Waals surface area contributed by atoms with E-state index in [1.165, 1.54) is 19.4 Å². The first-order valence-corrected chi connectivity index (χ1v) is 3.28. The highest BCUT2D eigenvalue weighted by Crippen LogP contribution is 2.02. The SMILES string of the molecule is COC(=O)c1ncccc1C=O. The molecular formula is C8H7NO3. The number of rotatable bonds is 2. The first-order valence-electron chi connectivity index (χ1n) is 3.28. The van der Waals surface area contributed by atoms with E-state index in [9.17, 15) is 9.59 Å². The molecule has 0 atom stereocenters. The highest BCUT2D eigenvalue weighted by molar-refractivity contribution is 5.96. The molecule has 0 saturated carbocycles. The first-order chi connectivity index (χ1) is 5.79. The van der Waals surface area contributed by atoms with Crippen molar-refractivity contribution in [3.05, 3.63) is 29.6 Å². The van der Waals surface area contributed by atoms with Crippen molar-refractivity contribution < 1.29 is 14.3 Å². The van der Waals surface area contributed by atoms with E-state index in [4.69, 9.17) is 0 Å². The molecule has 0 amide bonds. The number of pyridine rings is 1. The zero-order valence-corrected chi connectivity index (χ0v) is 6.48.